The molecule has 88 valence electrons. The van der Waals surface area contributed by atoms with Gasteiger partial charge in [-0.1, -0.05) is 30.3 Å². The SMILES string of the molecule is O=C(NCCc1ccccc1)C1=CCN=CN1. The van der Waals surface area contributed by atoms with Gasteiger partial charge >= 0.3 is 0 Å². The topological polar surface area (TPSA) is 53.5 Å². The zero-order valence-electron chi connectivity index (χ0n) is 9.52. The maximum atomic E-state index is 11.7. The van der Waals surface area contributed by atoms with Crippen LogP contribution in [0.2, 0.25) is 0 Å². The molecule has 0 spiro atoms. The largest absolute Gasteiger partial charge is 0.350 e. The molecule has 0 saturated heterocycles. The average molecular weight is 229 g/mol. The molecule has 1 aliphatic heterocycles. The molecule has 1 heterocycles. The summed E-state index contributed by atoms with van der Waals surface area (Å²) in [5.74, 6) is -0.0768. The van der Waals surface area contributed by atoms with E-state index in [1.54, 1.807) is 12.4 Å². The standard InChI is InChI=1S/C13H15N3O/c17-13(12-7-8-14-10-16-12)15-9-6-11-4-2-1-3-5-11/h1-5,7,10H,6,8-9H2,(H,14,16)(H,15,17). The number of benzene rings is 1. The maximum absolute atomic E-state index is 11.7. The summed E-state index contributed by atoms with van der Waals surface area (Å²) in [5.41, 5.74) is 1.80. The Balaban J connectivity index is 1.75. The van der Waals surface area contributed by atoms with Crippen molar-refractivity contribution in [1.29, 1.82) is 0 Å². The highest BCUT2D eigenvalue weighted by molar-refractivity contribution is 5.95. The Labute approximate surface area is 100 Å². The lowest BCUT2D eigenvalue weighted by Gasteiger charge is -2.10. The van der Waals surface area contributed by atoms with Gasteiger partial charge in [-0.25, -0.2) is 0 Å². The lowest BCUT2D eigenvalue weighted by molar-refractivity contribution is -0.117. The second kappa shape index (κ2) is 5.84. The van der Waals surface area contributed by atoms with Gasteiger partial charge in [0.2, 0.25) is 0 Å². The lowest BCUT2D eigenvalue weighted by Crippen LogP contribution is -2.33. The first-order chi connectivity index (χ1) is 8.36. The molecule has 1 aliphatic rings. The third-order valence-corrected chi connectivity index (χ3v) is 2.50. The van der Waals surface area contributed by atoms with Gasteiger partial charge in [-0.2, -0.15) is 0 Å². The van der Waals surface area contributed by atoms with Crippen LogP contribution >= 0.6 is 0 Å². The first-order valence-electron chi connectivity index (χ1n) is 5.63. The monoisotopic (exact) mass is 229 g/mol. The molecule has 1 aromatic carbocycles. The molecule has 0 aliphatic carbocycles. The molecule has 4 heteroatoms. The van der Waals surface area contributed by atoms with E-state index < -0.39 is 0 Å². The van der Waals surface area contributed by atoms with Crippen molar-refractivity contribution in [2.45, 2.75) is 6.42 Å². The number of nitrogens with zero attached hydrogens (tertiary/aromatic N) is 1. The summed E-state index contributed by atoms with van der Waals surface area (Å²) in [7, 11) is 0. The van der Waals surface area contributed by atoms with Crippen molar-refractivity contribution in [3.8, 4) is 0 Å². The molecule has 4 nitrogen and oxygen atoms in total. The van der Waals surface area contributed by atoms with Gasteiger partial charge in [0.25, 0.3) is 5.91 Å². The van der Waals surface area contributed by atoms with E-state index in [0.29, 0.717) is 18.8 Å². The van der Waals surface area contributed by atoms with Crippen LogP contribution in [0.25, 0.3) is 0 Å². The van der Waals surface area contributed by atoms with Gasteiger partial charge < -0.3 is 10.6 Å². The van der Waals surface area contributed by atoms with E-state index in [1.165, 1.54) is 5.56 Å². The van der Waals surface area contributed by atoms with Crippen LogP contribution in [0.5, 0.6) is 0 Å². The Morgan fingerprint density at radius 2 is 2.18 bits per heavy atom. The molecular weight excluding hydrogens is 214 g/mol. The third kappa shape index (κ3) is 3.45. The van der Waals surface area contributed by atoms with Crippen molar-refractivity contribution in [2.75, 3.05) is 13.1 Å². The maximum Gasteiger partial charge on any atom is 0.267 e. The molecule has 0 unspecified atom stereocenters. The highest BCUT2D eigenvalue weighted by Crippen LogP contribution is 1.99. The minimum absolute atomic E-state index is 0.0768. The molecule has 0 aromatic heterocycles. The van der Waals surface area contributed by atoms with Crippen molar-refractivity contribution in [2.24, 2.45) is 4.99 Å². The molecular formula is C13H15N3O. The quantitative estimate of drug-likeness (QED) is 0.804. The van der Waals surface area contributed by atoms with Crippen molar-refractivity contribution in [1.82, 2.24) is 10.6 Å². The summed E-state index contributed by atoms with van der Waals surface area (Å²) in [4.78, 5) is 15.6. The number of carbonyl (C=O) groups excluding carboxylic acids is 1. The summed E-state index contributed by atoms with van der Waals surface area (Å²) >= 11 is 0. The Kier molecular flexibility index (Phi) is 3.91. The molecule has 2 N–H and O–H groups in total. The van der Waals surface area contributed by atoms with Crippen LogP contribution in [0.1, 0.15) is 5.56 Å². The average Bonchev–Trinajstić information content (AvgIpc) is 2.41. The zero-order valence-corrected chi connectivity index (χ0v) is 9.52. The van der Waals surface area contributed by atoms with Crippen molar-refractivity contribution < 1.29 is 4.79 Å². The Hall–Kier alpha value is -2.10. The van der Waals surface area contributed by atoms with Crippen LogP contribution in [0.15, 0.2) is 47.1 Å². The van der Waals surface area contributed by atoms with Crippen LogP contribution in [0.3, 0.4) is 0 Å². The first kappa shape index (κ1) is 11.4. The minimum Gasteiger partial charge on any atom is -0.350 e. The van der Waals surface area contributed by atoms with Crippen molar-refractivity contribution in [3.63, 3.8) is 0 Å². The van der Waals surface area contributed by atoms with Gasteiger partial charge in [-0.3, -0.25) is 9.79 Å². The van der Waals surface area contributed by atoms with Crippen LogP contribution < -0.4 is 10.6 Å². The van der Waals surface area contributed by atoms with Gasteiger partial charge in [0.15, 0.2) is 0 Å². The fourth-order valence-corrected chi connectivity index (χ4v) is 1.59. The predicted molar refractivity (Wildman–Crippen MR) is 67.7 cm³/mol. The Bertz CT molecular complexity index is 437. The second-order valence-corrected chi connectivity index (χ2v) is 3.75. The van der Waals surface area contributed by atoms with E-state index in [2.05, 4.69) is 27.8 Å². The summed E-state index contributed by atoms with van der Waals surface area (Å²) < 4.78 is 0. The smallest absolute Gasteiger partial charge is 0.267 e. The summed E-state index contributed by atoms with van der Waals surface area (Å²) in [6.07, 6.45) is 4.16. The molecule has 2 rings (SSSR count). The Morgan fingerprint density at radius 3 is 2.88 bits per heavy atom. The van der Waals surface area contributed by atoms with Crippen molar-refractivity contribution >= 4 is 12.2 Å². The molecule has 0 bridgehead atoms. The van der Waals surface area contributed by atoms with E-state index in [1.807, 2.05) is 18.2 Å². The number of nitrogens with one attached hydrogen (secondary N) is 2. The third-order valence-electron chi connectivity index (χ3n) is 2.50. The van der Waals surface area contributed by atoms with Crippen LogP contribution in [0.4, 0.5) is 0 Å². The van der Waals surface area contributed by atoms with Gasteiger partial charge in [-0.05, 0) is 18.1 Å². The normalized spacial score (nSPS) is 13.8. The molecule has 17 heavy (non-hydrogen) atoms. The van der Waals surface area contributed by atoms with E-state index in [9.17, 15) is 4.79 Å². The highest BCUT2D eigenvalue weighted by atomic mass is 16.2. The number of carbonyl (C=O) groups is 1. The van der Waals surface area contributed by atoms with Gasteiger partial charge in [0.1, 0.15) is 5.70 Å². The molecule has 0 saturated carbocycles. The number of hydrogen-bond acceptors (Lipinski definition) is 3. The van der Waals surface area contributed by atoms with Crippen LogP contribution in [0, 0.1) is 0 Å². The number of amides is 1. The summed E-state index contributed by atoms with van der Waals surface area (Å²) in [5, 5.41) is 5.69. The molecule has 0 atom stereocenters. The molecule has 1 aromatic rings. The fourth-order valence-electron chi connectivity index (χ4n) is 1.59. The highest BCUT2D eigenvalue weighted by Gasteiger charge is 2.08. The van der Waals surface area contributed by atoms with Gasteiger partial charge in [0, 0.05) is 6.54 Å². The van der Waals surface area contributed by atoms with E-state index in [-0.39, 0.29) is 5.91 Å². The van der Waals surface area contributed by atoms with Crippen molar-refractivity contribution in [3.05, 3.63) is 47.7 Å². The number of aliphatic imine (C=N–C) groups is 1. The minimum atomic E-state index is -0.0768. The van der Waals surface area contributed by atoms with Gasteiger partial charge in [0.05, 0.1) is 12.9 Å². The number of hydrogen-bond donors (Lipinski definition) is 2. The predicted octanol–water partition coefficient (Wildman–Crippen LogP) is 0.861. The fraction of sp³-hybridized carbons (Fsp3) is 0.231. The molecule has 0 fully saturated rings. The van der Waals surface area contributed by atoms with Crippen LogP contribution in [-0.4, -0.2) is 25.3 Å². The molecule has 0 radical (unpaired) electrons. The summed E-state index contributed by atoms with van der Waals surface area (Å²) in [6.45, 7) is 1.20. The lowest BCUT2D eigenvalue weighted by atomic mass is 10.1. The Morgan fingerprint density at radius 1 is 1.35 bits per heavy atom. The number of rotatable bonds is 4. The zero-order chi connectivity index (χ0) is 11.9. The molecule has 1 amide bonds. The second-order valence-electron chi connectivity index (χ2n) is 3.75. The van der Waals surface area contributed by atoms with Crippen LogP contribution in [-0.2, 0) is 11.2 Å². The summed E-state index contributed by atoms with van der Waals surface area (Å²) in [6, 6.07) is 10.1. The first-order valence-corrected chi connectivity index (χ1v) is 5.63. The van der Waals surface area contributed by atoms with Gasteiger partial charge in [-0.15, -0.1) is 0 Å². The van der Waals surface area contributed by atoms with E-state index in [4.69, 9.17) is 0 Å². The van der Waals surface area contributed by atoms with E-state index >= 15 is 0 Å². The van der Waals surface area contributed by atoms with E-state index in [0.717, 1.165) is 6.42 Å².